The molecule has 0 fully saturated rings. The molecule has 0 saturated heterocycles. The van der Waals surface area contributed by atoms with Crippen LogP contribution in [0, 0.1) is 12.3 Å². The maximum atomic E-state index is 12.0. The van der Waals surface area contributed by atoms with Gasteiger partial charge in [-0.05, 0) is 38.5 Å². The second-order valence-electron chi connectivity index (χ2n) is 5.70. The lowest BCUT2D eigenvalue weighted by Gasteiger charge is -2.24. The van der Waals surface area contributed by atoms with E-state index in [0.717, 1.165) is 22.4 Å². The van der Waals surface area contributed by atoms with Crippen molar-refractivity contribution in [1.29, 1.82) is 0 Å². The van der Waals surface area contributed by atoms with Crippen LogP contribution in [0.2, 0.25) is 0 Å². The lowest BCUT2D eigenvalue weighted by molar-refractivity contribution is -0.129. The fourth-order valence-corrected chi connectivity index (χ4v) is 2.58. The van der Waals surface area contributed by atoms with Crippen LogP contribution in [0.3, 0.4) is 0 Å². The molecule has 4 nitrogen and oxygen atoms in total. The highest BCUT2D eigenvalue weighted by atomic mass is 35.5. The van der Waals surface area contributed by atoms with Gasteiger partial charge in [-0.2, -0.15) is 0 Å². The van der Waals surface area contributed by atoms with Crippen LogP contribution in [0.4, 0.5) is 0 Å². The number of nitrogens with zero attached hydrogens (tertiary/aromatic N) is 2. The third-order valence-electron chi connectivity index (χ3n) is 3.50. The molecule has 0 aliphatic heterocycles. The van der Waals surface area contributed by atoms with Gasteiger partial charge in [-0.25, -0.2) is 4.98 Å². The zero-order valence-corrected chi connectivity index (χ0v) is 13.1. The van der Waals surface area contributed by atoms with Gasteiger partial charge in [0, 0.05) is 13.6 Å². The number of rotatable bonds is 4. The summed E-state index contributed by atoms with van der Waals surface area (Å²) < 4.78 is 2.04. The molecule has 1 heterocycles. The second-order valence-corrected chi connectivity index (χ2v) is 5.97. The standard InChI is InChI=1S/C15H20ClN3O/c1-10-5-6-12-11(7-10)18-13(8-16)19(12)9-15(2,3)14(20)17-4/h5-7H,8-9H2,1-4H3,(H,17,20). The van der Waals surface area contributed by atoms with Crippen molar-refractivity contribution in [3.63, 3.8) is 0 Å². The van der Waals surface area contributed by atoms with E-state index in [4.69, 9.17) is 11.6 Å². The zero-order chi connectivity index (χ0) is 14.9. The molecule has 0 atom stereocenters. The number of nitrogens with one attached hydrogen (secondary N) is 1. The van der Waals surface area contributed by atoms with Crippen LogP contribution >= 0.6 is 11.6 Å². The lowest BCUT2D eigenvalue weighted by Crippen LogP contribution is -2.38. The molecule has 108 valence electrons. The molecule has 1 amide bonds. The Morgan fingerprint density at radius 1 is 1.45 bits per heavy atom. The maximum absolute atomic E-state index is 12.0. The van der Waals surface area contributed by atoms with Gasteiger partial charge in [0.05, 0.1) is 22.3 Å². The van der Waals surface area contributed by atoms with E-state index in [1.165, 1.54) is 0 Å². The van der Waals surface area contributed by atoms with Gasteiger partial charge < -0.3 is 9.88 Å². The molecular formula is C15H20ClN3O. The van der Waals surface area contributed by atoms with Gasteiger partial charge in [-0.1, -0.05) is 6.07 Å². The topological polar surface area (TPSA) is 46.9 Å². The smallest absolute Gasteiger partial charge is 0.227 e. The van der Waals surface area contributed by atoms with Crippen LogP contribution < -0.4 is 5.32 Å². The average molecular weight is 294 g/mol. The van der Waals surface area contributed by atoms with Crippen molar-refractivity contribution in [3.8, 4) is 0 Å². The Hall–Kier alpha value is -1.55. The van der Waals surface area contributed by atoms with Crippen molar-refractivity contribution in [2.24, 2.45) is 5.41 Å². The molecule has 2 aromatic rings. The van der Waals surface area contributed by atoms with Gasteiger partial charge in [0.25, 0.3) is 0 Å². The van der Waals surface area contributed by atoms with Crippen molar-refractivity contribution in [2.75, 3.05) is 7.05 Å². The second kappa shape index (κ2) is 5.44. The molecule has 5 heteroatoms. The summed E-state index contributed by atoms with van der Waals surface area (Å²) in [6, 6.07) is 6.12. The third-order valence-corrected chi connectivity index (χ3v) is 3.74. The van der Waals surface area contributed by atoms with Crippen LogP contribution in [-0.4, -0.2) is 22.5 Å². The molecule has 1 aromatic carbocycles. The van der Waals surface area contributed by atoms with Gasteiger partial charge in [0.2, 0.25) is 5.91 Å². The number of hydrogen-bond donors (Lipinski definition) is 1. The van der Waals surface area contributed by atoms with E-state index in [9.17, 15) is 4.79 Å². The number of fused-ring (bicyclic) bond motifs is 1. The first kappa shape index (κ1) is 14.9. The van der Waals surface area contributed by atoms with Crippen molar-refractivity contribution in [1.82, 2.24) is 14.9 Å². The Balaban J connectivity index is 2.50. The Morgan fingerprint density at radius 3 is 2.75 bits per heavy atom. The van der Waals surface area contributed by atoms with E-state index in [1.807, 2.05) is 43.5 Å². The number of halogens is 1. The summed E-state index contributed by atoms with van der Waals surface area (Å²) in [6.07, 6.45) is 0. The van der Waals surface area contributed by atoms with Gasteiger partial charge in [-0.15, -0.1) is 11.6 Å². The Kier molecular flexibility index (Phi) is 4.04. The van der Waals surface area contributed by atoms with Crippen LogP contribution in [0.1, 0.15) is 25.2 Å². The number of amides is 1. The van der Waals surface area contributed by atoms with E-state index in [-0.39, 0.29) is 5.91 Å². The van der Waals surface area contributed by atoms with E-state index < -0.39 is 5.41 Å². The van der Waals surface area contributed by atoms with Crippen molar-refractivity contribution in [3.05, 3.63) is 29.6 Å². The highest BCUT2D eigenvalue weighted by Gasteiger charge is 2.28. The first-order chi connectivity index (χ1) is 9.39. The fraction of sp³-hybridized carbons (Fsp3) is 0.467. The molecule has 0 bridgehead atoms. The summed E-state index contributed by atoms with van der Waals surface area (Å²) in [6.45, 7) is 6.43. The van der Waals surface area contributed by atoms with Crippen LogP contribution in [0.15, 0.2) is 18.2 Å². The summed E-state index contributed by atoms with van der Waals surface area (Å²) in [7, 11) is 1.65. The van der Waals surface area contributed by atoms with E-state index in [1.54, 1.807) is 7.05 Å². The lowest BCUT2D eigenvalue weighted by atomic mass is 9.92. The van der Waals surface area contributed by atoms with Gasteiger partial charge in [-0.3, -0.25) is 4.79 Å². The van der Waals surface area contributed by atoms with E-state index in [2.05, 4.69) is 10.3 Å². The molecule has 1 aromatic heterocycles. The van der Waals surface area contributed by atoms with Crippen LogP contribution in [0.25, 0.3) is 11.0 Å². The van der Waals surface area contributed by atoms with Crippen LogP contribution in [-0.2, 0) is 17.2 Å². The van der Waals surface area contributed by atoms with Crippen molar-refractivity contribution < 1.29 is 4.79 Å². The minimum absolute atomic E-state index is 0.00647. The number of hydrogen-bond acceptors (Lipinski definition) is 2. The van der Waals surface area contributed by atoms with Crippen molar-refractivity contribution in [2.45, 2.75) is 33.2 Å². The fourth-order valence-electron chi connectivity index (χ4n) is 2.37. The first-order valence-corrected chi connectivity index (χ1v) is 7.16. The maximum Gasteiger partial charge on any atom is 0.227 e. The predicted octanol–water partition coefficient (Wildman–Crippen LogP) is 2.86. The minimum atomic E-state index is -0.520. The highest BCUT2D eigenvalue weighted by Crippen LogP contribution is 2.25. The third kappa shape index (κ3) is 2.66. The number of aromatic nitrogens is 2. The largest absolute Gasteiger partial charge is 0.359 e. The summed E-state index contributed by atoms with van der Waals surface area (Å²) in [5.74, 6) is 1.13. The Labute approximate surface area is 124 Å². The van der Waals surface area contributed by atoms with Crippen LogP contribution in [0.5, 0.6) is 0 Å². The molecule has 2 rings (SSSR count). The predicted molar refractivity (Wildman–Crippen MR) is 81.9 cm³/mol. The van der Waals surface area contributed by atoms with Gasteiger partial charge in [0.1, 0.15) is 5.82 Å². The summed E-state index contributed by atoms with van der Waals surface area (Å²) in [4.78, 5) is 16.5. The molecule has 0 unspecified atom stereocenters. The van der Waals surface area contributed by atoms with E-state index in [0.29, 0.717) is 12.4 Å². The monoisotopic (exact) mass is 293 g/mol. The Bertz CT molecular complexity index is 646. The normalized spacial score (nSPS) is 11.8. The quantitative estimate of drug-likeness (QED) is 0.881. The molecule has 0 aliphatic carbocycles. The summed E-state index contributed by atoms with van der Waals surface area (Å²) in [5, 5.41) is 2.71. The van der Waals surface area contributed by atoms with Gasteiger partial charge in [0.15, 0.2) is 0 Å². The zero-order valence-electron chi connectivity index (χ0n) is 12.3. The average Bonchev–Trinajstić information content (AvgIpc) is 2.74. The van der Waals surface area contributed by atoms with Gasteiger partial charge >= 0.3 is 0 Å². The molecule has 0 aliphatic rings. The van der Waals surface area contributed by atoms with E-state index >= 15 is 0 Å². The molecule has 0 radical (unpaired) electrons. The number of carbonyl (C=O) groups is 1. The number of aryl methyl sites for hydroxylation is 1. The number of benzene rings is 1. The molecule has 1 N–H and O–H groups in total. The number of carbonyl (C=O) groups excluding carboxylic acids is 1. The Morgan fingerprint density at radius 2 is 2.15 bits per heavy atom. The molecule has 0 saturated carbocycles. The SMILES string of the molecule is CNC(=O)C(C)(C)Cn1c(CCl)nc2cc(C)ccc21. The van der Waals surface area contributed by atoms with Crippen molar-refractivity contribution >= 4 is 28.5 Å². The number of imidazole rings is 1. The summed E-state index contributed by atoms with van der Waals surface area (Å²) in [5.41, 5.74) is 2.58. The molecule has 0 spiro atoms. The first-order valence-electron chi connectivity index (χ1n) is 6.63. The minimum Gasteiger partial charge on any atom is -0.359 e. The number of alkyl halides is 1. The summed E-state index contributed by atoms with van der Waals surface area (Å²) >= 11 is 6.00. The molecule has 20 heavy (non-hydrogen) atoms. The molecular weight excluding hydrogens is 274 g/mol. The highest BCUT2D eigenvalue weighted by molar-refractivity contribution is 6.16.